The zero-order chi connectivity index (χ0) is 10.7. The Labute approximate surface area is 93.7 Å². The van der Waals surface area contributed by atoms with Crippen LogP contribution in [-0.2, 0) is 0 Å². The monoisotopic (exact) mass is 208 g/mol. The predicted octanol–water partition coefficient (Wildman–Crippen LogP) is 2.17. The summed E-state index contributed by atoms with van der Waals surface area (Å²) in [4.78, 5) is 2.60. The third-order valence-corrected chi connectivity index (χ3v) is 3.66. The Kier molecular flexibility index (Phi) is 3.81. The molecule has 15 heavy (non-hydrogen) atoms. The molecule has 0 aromatic carbocycles. The lowest BCUT2D eigenvalue weighted by Gasteiger charge is -2.31. The lowest BCUT2D eigenvalue weighted by Crippen LogP contribution is -2.38. The van der Waals surface area contributed by atoms with Crippen LogP contribution in [0.25, 0.3) is 0 Å². The Balaban J connectivity index is 1.63. The average molecular weight is 208 g/mol. The molecule has 2 aliphatic rings. The SMILES string of the molecule is CC1=CCN(C(C)CCNC2CC2)CC1. The minimum atomic E-state index is 0.737. The van der Waals surface area contributed by atoms with E-state index < -0.39 is 0 Å². The first-order valence-electron chi connectivity index (χ1n) is 6.39. The van der Waals surface area contributed by atoms with Gasteiger partial charge in [-0.2, -0.15) is 0 Å². The van der Waals surface area contributed by atoms with E-state index in [1.165, 1.54) is 38.8 Å². The summed E-state index contributed by atoms with van der Waals surface area (Å²) < 4.78 is 0. The number of nitrogens with one attached hydrogen (secondary N) is 1. The van der Waals surface area contributed by atoms with Crippen molar-refractivity contribution in [3.8, 4) is 0 Å². The fourth-order valence-corrected chi connectivity index (χ4v) is 2.15. The number of rotatable bonds is 5. The summed E-state index contributed by atoms with van der Waals surface area (Å²) in [5, 5.41) is 3.59. The number of nitrogens with zero attached hydrogens (tertiary/aromatic N) is 1. The second-order valence-electron chi connectivity index (χ2n) is 5.16. The Bertz CT molecular complexity index is 231. The summed E-state index contributed by atoms with van der Waals surface area (Å²) >= 11 is 0. The van der Waals surface area contributed by atoms with E-state index in [1.54, 1.807) is 5.57 Å². The van der Waals surface area contributed by atoms with E-state index in [-0.39, 0.29) is 0 Å². The maximum atomic E-state index is 3.59. The Morgan fingerprint density at radius 3 is 2.93 bits per heavy atom. The average Bonchev–Trinajstić information content (AvgIpc) is 3.02. The predicted molar refractivity (Wildman–Crippen MR) is 65.1 cm³/mol. The van der Waals surface area contributed by atoms with E-state index in [9.17, 15) is 0 Å². The van der Waals surface area contributed by atoms with Gasteiger partial charge in [0.2, 0.25) is 0 Å². The summed E-state index contributed by atoms with van der Waals surface area (Å²) in [7, 11) is 0. The topological polar surface area (TPSA) is 15.3 Å². The van der Waals surface area contributed by atoms with Crippen LogP contribution in [0, 0.1) is 0 Å². The smallest absolute Gasteiger partial charge is 0.0168 e. The van der Waals surface area contributed by atoms with Crippen molar-refractivity contribution in [2.45, 2.75) is 51.6 Å². The maximum absolute atomic E-state index is 3.59. The fraction of sp³-hybridized carbons (Fsp3) is 0.846. The number of hydrogen-bond donors (Lipinski definition) is 1. The molecule has 1 fully saturated rings. The third-order valence-electron chi connectivity index (χ3n) is 3.66. The Hall–Kier alpha value is -0.340. The minimum Gasteiger partial charge on any atom is -0.314 e. The molecule has 0 radical (unpaired) electrons. The van der Waals surface area contributed by atoms with Crippen LogP contribution in [0.2, 0.25) is 0 Å². The van der Waals surface area contributed by atoms with Crippen LogP contribution in [0.4, 0.5) is 0 Å². The molecule has 0 spiro atoms. The summed E-state index contributed by atoms with van der Waals surface area (Å²) in [5.41, 5.74) is 1.56. The lowest BCUT2D eigenvalue weighted by molar-refractivity contribution is 0.213. The molecular weight excluding hydrogens is 184 g/mol. The Morgan fingerprint density at radius 2 is 2.33 bits per heavy atom. The van der Waals surface area contributed by atoms with Gasteiger partial charge >= 0.3 is 0 Å². The molecule has 0 aromatic heterocycles. The standard InChI is InChI=1S/C13H24N2/c1-11-6-9-15(10-7-11)12(2)5-8-14-13-3-4-13/h6,12-14H,3-5,7-10H2,1-2H3. The van der Waals surface area contributed by atoms with Gasteiger partial charge in [-0.15, -0.1) is 0 Å². The molecular formula is C13H24N2. The van der Waals surface area contributed by atoms with E-state index in [1.807, 2.05) is 0 Å². The van der Waals surface area contributed by atoms with Crippen LogP contribution in [0.5, 0.6) is 0 Å². The number of hydrogen-bond acceptors (Lipinski definition) is 2. The summed E-state index contributed by atoms with van der Waals surface area (Å²) in [6.07, 6.45) is 7.75. The highest BCUT2D eigenvalue weighted by atomic mass is 15.2. The van der Waals surface area contributed by atoms with Crippen molar-refractivity contribution in [1.82, 2.24) is 10.2 Å². The van der Waals surface area contributed by atoms with Crippen molar-refractivity contribution in [2.75, 3.05) is 19.6 Å². The van der Waals surface area contributed by atoms with Gasteiger partial charge in [0.15, 0.2) is 0 Å². The fourth-order valence-electron chi connectivity index (χ4n) is 2.15. The third kappa shape index (κ3) is 3.62. The molecule has 1 aliphatic heterocycles. The summed E-state index contributed by atoms with van der Waals surface area (Å²) in [6.45, 7) is 8.23. The van der Waals surface area contributed by atoms with Crippen LogP contribution in [0.1, 0.15) is 39.5 Å². The molecule has 2 rings (SSSR count). The molecule has 1 atom stereocenters. The van der Waals surface area contributed by atoms with Crippen LogP contribution in [0.3, 0.4) is 0 Å². The Morgan fingerprint density at radius 1 is 1.53 bits per heavy atom. The van der Waals surface area contributed by atoms with E-state index in [0.29, 0.717) is 0 Å². The highest BCUT2D eigenvalue weighted by Gasteiger charge is 2.21. The van der Waals surface area contributed by atoms with Gasteiger partial charge in [0.1, 0.15) is 0 Å². The van der Waals surface area contributed by atoms with E-state index in [4.69, 9.17) is 0 Å². The van der Waals surface area contributed by atoms with E-state index >= 15 is 0 Å². The normalized spacial score (nSPS) is 25.1. The highest BCUT2D eigenvalue weighted by molar-refractivity contribution is 5.04. The molecule has 1 N–H and O–H groups in total. The molecule has 1 heterocycles. The molecule has 0 saturated heterocycles. The first-order valence-corrected chi connectivity index (χ1v) is 6.39. The molecule has 0 bridgehead atoms. The van der Waals surface area contributed by atoms with Gasteiger partial charge in [0.05, 0.1) is 0 Å². The second kappa shape index (κ2) is 5.13. The minimum absolute atomic E-state index is 0.737. The van der Waals surface area contributed by atoms with Crippen LogP contribution >= 0.6 is 0 Å². The van der Waals surface area contributed by atoms with E-state index in [0.717, 1.165) is 18.6 Å². The molecule has 86 valence electrons. The van der Waals surface area contributed by atoms with Crippen molar-refractivity contribution in [3.63, 3.8) is 0 Å². The molecule has 1 aliphatic carbocycles. The van der Waals surface area contributed by atoms with Crippen molar-refractivity contribution < 1.29 is 0 Å². The highest BCUT2D eigenvalue weighted by Crippen LogP contribution is 2.19. The molecule has 1 unspecified atom stereocenters. The van der Waals surface area contributed by atoms with E-state index in [2.05, 4.69) is 30.1 Å². The van der Waals surface area contributed by atoms with Gasteiger partial charge in [0, 0.05) is 25.2 Å². The van der Waals surface area contributed by atoms with Crippen molar-refractivity contribution in [1.29, 1.82) is 0 Å². The van der Waals surface area contributed by atoms with Crippen LogP contribution < -0.4 is 5.32 Å². The van der Waals surface area contributed by atoms with Gasteiger partial charge in [-0.3, -0.25) is 4.90 Å². The molecule has 0 amide bonds. The maximum Gasteiger partial charge on any atom is 0.0168 e. The van der Waals surface area contributed by atoms with Gasteiger partial charge in [-0.25, -0.2) is 0 Å². The first kappa shape index (κ1) is 11.2. The largest absolute Gasteiger partial charge is 0.314 e. The van der Waals surface area contributed by atoms with Crippen molar-refractivity contribution in [2.24, 2.45) is 0 Å². The summed E-state index contributed by atoms with van der Waals surface area (Å²) in [5.74, 6) is 0. The second-order valence-corrected chi connectivity index (χ2v) is 5.16. The van der Waals surface area contributed by atoms with Crippen molar-refractivity contribution in [3.05, 3.63) is 11.6 Å². The molecule has 0 aromatic rings. The molecule has 1 saturated carbocycles. The van der Waals surface area contributed by atoms with Crippen molar-refractivity contribution >= 4 is 0 Å². The zero-order valence-corrected chi connectivity index (χ0v) is 10.1. The summed E-state index contributed by atoms with van der Waals surface area (Å²) in [6, 6.07) is 1.60. The van der Waals surface area contributed by atoms with Crippen LogP contribution in [-0.4, -0.2) is 36.6 Å². The van der Waals surface area contributed by atoms with Gasteiger partial charge in [0.25, 0.3) is 0 Å². The zero-order valence-electron chi connectivity index (χ0n) is 10.1. The first-order chi connectivity index (χ1) is 7.25. The lowest BCUT2D eigenvalue weighted by atomic mass is 10.1. The van der Waals surface area contributed by atoms with Gasteiger partial charge in [-0.05, 0) is 46.1 Å². The van der Waals surface area contributed by atoms with Gasteiger partial charge < -0.3 is 5.32 Å². The molecule has 2 heteroatoms. The van der Waals surface area contributed by atoms with Crippen LogP contribution in [0.15, 0.2) is 11.6 Å². The molecule has 2 nitrogen and oxygen atoms in total. The van der Waals surface area contributed by atoms with Gasteiger partial charge in [-0.1, -0.05) is 11.6 Å². The quantitative estimate of drug-likeness (QED) is 0.697.